The normalized spacial score (nSPS) is 11.4. The van der Waals surface area contributed by atoms with Crippen LogP contribution in [0.15, 0.2) is 24.3 Å². The summed E-state index contributed by atoms with van der Waals surface area (Å²) in [6.07, 6.45) is -4.69. The van der Waals surface area contributed by atoms with E-state index < -0.39 is 12.0 Å². The minimum absolute atomic E-state index is 0.286. The Morgan fingerprint density at radius 1 is 1.20 bits per heavy atom. The van der Waals surface area contributed by atoms with Crippen molar-refractivity contribution < 1.29 is 17.9 Å². The van der Waals surface area contributed by atoms with Crippen LogP contribution in [-0.2, 0) is 6.18 Å². The van der Waals surface area contributed by atoms with Gasteiger partial charge in [0.25, 0.3) is 0 Å². The lowest BCUT2D eigenvalue weighted by Crippen LogP contribution is -2.12. The average molecular weight is 304 g/mol. The Bertz CT molecular complexity index is 646. The molecule has 8 heteroatoms. The summed E-state index contributed by atoms with van der Waals surface area (Å²) in [6, 6.07) is 5.77. The van der Waals surface area contributed by atoms with E-state index in [1.165, 1.54) is 6.07 Å². The Morgan fingerprint density at radius 3 is 2.50 bits per heavy atom. The number of rotatable bonds is 2. The molecule has 0 amide bonds. The molecule has 0 aliphatic carbocycles. The lowest BCUT2D eigenvalue weighted by atomic mass is 10.2. The maximum Gasteiger partial charge on any atom is 0.451 e. The zero-order valence-corrected chi connectivity index (χ0v) is 11.0. The van der Waals surface area contributed by atoms with Gasteiger partial charge in [-0.3, -0.25) is 0 Å². The van der Waals surface area contributed by atoms with Crippen molar-refractivity contribution in [2.24, 2.45) is 0 Å². The highest BCUT2D eigenvalue weighted by molar-refractivity contribution is 6.31. The molecule has 0 bridgehead atoms. The van der Waals surface area contributed by atoms with Crippen molar-refractivity contribution >= 4 is 17.4 Å². The number of aromatic nitrogens is 2. The predicted molar refractivity (Wildman–Crippen MR) is 67.7 cm³/mol. The first kappa shape index (κ1) is 14.4. The summed E-state index contributed by atoms with van der Waals surface area (Å²) in [5.74, 6) is -1.66. The third-order valence-corrected chi connectivity index (χ3v) is 2.75. The van der Waals surface area contributed by atoms with Gasteiger partial charge in [-0.05, 0) is 30.7 Å². The van der Waals surface area contributed by atoms with E-state index in [-0.39, 0.29) is 11.7 Å². The van der Waals surface area contributed by atoms with Gasteiger partial charge in [0.05, 0.1) is 0 Å². The Hall–Kier alpha value is -2.02. The standard InChI is InChI=1S/C12H9ClF3N3O/c1-6-4-7(2-3-8(6)13)20-10-5-9(17)18-11(19-10)12(14,15)16/h2-5H,1H3,(H2,17,18,19). The first-order valence-corrected chi connectivity index (χ1v) is 5.79. The molecule has 1 aromatic heterocycles. The van der Waals surface area contributed by atoms with E-state index in [9.17, 15) is 13.2 Å². The molecule has 0 atom stereocenters. The largest absolute Gasteiger partial charge is 0.451 e. The molecule has 2 rings (SSSR count). The molecule has 2 N–H and O–H groups in total. The second kappa shape index (κ2) is 5.16. The van der Waals surface area contributed by atoms with Crippen LogP contribution < -0.4 is 10.5 Å². The zero-order chi connectivity index (χ0) is 14.9. The first-order valence-electron chi connectivity index (χ1n) is 5.41. The van der Waals surface area contributed by atoms with Crippen molar-refractivity contribution in [2.75, 3.05) is 5.73 Å². The van der Waals surface area contributed by atoms with Crippen LogP contribution in [-0.4, -0.2) is 9.97 Å². The Morgan fingerprint density at radius 2 is 1.90 bits per heavy atom. The van der Waals surface area contributed by atoms with Gasteiger partial charge in [0.15, 0.2) is 0 Å². The lowest BCUT2D eigenvalue weighted by molar-refractivity contribution is -0.145. The van der Waals surface area contributed by atoms with Gasteiger partial charge in [0.2, 0.25) is 11.7 Å². The molecule has 0 fully saturated rings. The van der Waals surface area contributed by atoms with Crippen LogP contribution in [0.4, 0.5) is 19.0 Å². The summed E-state index contributed by atoms with van der Waals surface area (Å²) in [5, 5.41) is 0.524. The Labute approximate surface area is 117 Å². The first-order chi connectivity index (χ1) is 9.25. The van der Waals surface area contributed by atoms with Gasteiger partial charge in [0.1, 0.15) is 11.6 Å². The molecule has 106 valence electrons. The van der Waals surface area contributed by atoms with Crippen molar-refractivity contribution in [3.8, 4) is 11.6 Å². The number of nitrogens with two attached hydrogens (primary N) is 1. The monoisotopic (exact) mass is 303 g/mol. The van der Waals surface area contributed by atoms with Crippen LogP contribution in [0.1, 0.15) is 11.4 Å². The maximum atomic E-state index is 12.6. The van der Waals surface area contributed by atoms with Crippen LogP contribution in [0.3, 0.4) is 0 Å². The molecule has 0 spiro atoms. The van der Waals surface area contributed by atoms with Crippen LogP contribution in [0.2, 0.25) is 5.02 Å². The van der Waals surface area contributed by atoms with Crippen molar-refractivity contribution in [1.82, 2.24) is 9.97 Å². The molecule has 0 radical (unpaired) electrons. The van der Waals surface area contributed by atoms with E-state index in [0.717, 1.165) is 11.6 Å². The predicted octanol–water partition coefficient (Wildman–Crippen LogP) is 3.83. The van der Waals surface area contributed by atoms with Gasteiger partial charge < -0.3 is 10.5 Å². The van der Waals surface area contributed by atoms with Gasteiger partial charge in [-0.25, -0.2) is 4.98 Å². The van der Waals surface area contributed by atoms with Gasteiger partial charge in [-0.1, -0.05) is 11.6 Å². The van der Waals surface area contributed by atoms with Gasteiger partial charge in [-0.2, -0.15) is 18.2 Å². The summed E-state index contributed by atoms with van der Waals surface area (Å²) in [6.45, 7) is 1.74. The minimum atomic E-state index is -4.69. The average Bonchev–Trinajstić information content (AvgIpc) is 2.32. The summed E-state index contributed by atoms with van der Waals surface area (Å²) >= 11 is 5.84. The van der Waals surface area contributed by atoms with Gasteiger partial charge >= 0.3 is 6.18 Å². The quantitative estimate of drug-likeness (QED) is 0.916. The smallest absolute Gasteiger partial charge is 0.439 e. The summed E-state index contributed by atoms with van der Waals surface area (Å²) < 4.78 is 42.9. The number of hydrogen-bond donors (Lipinski definition) is 1. The number of halogens is 4. The maximum absolute atomic E-state index is 12.6. The molecule has 1 aromatic carbocycles. The Balaban J connectivity index is 2.33. The SMILES string of the molecule is Cc1cc(Oc2cc(N)nc(C(F)(F)F)n2)ccc1Cl. The number of benzene rings is 1. The van der Waals surface area contributed by atoms with Crippen LogP contribution >= 0.6 is 11.6 Å². The van der Waals surface area contributed by atoms with E-state index in [2.05, 4.69) is 9.97 Å². The molecule has 0 saturated heterocycles. The number of hydrogen-bond acceptors (Lipinski definition) is 4. The molecule has 0 unspecified atom stereocenters. The number of anilines is 1. The number of ether oxygens (including phenoxy) is 1. The fourth-order valence-corrected chi connectivity index (χ4v) is 1.54. The molecular weight excluding hydrogens is 295 g/mol. The molecule has 1 heterocycles. The van der Waals surface area contributed by atoms with Gasteiger partial charge in [-0.15, -0.1) is 0 Å². The van der Waals surface area contributed by atoms with Crippen LogP contribution in [0.5, 0.6) is 11.6 Å². The van der Waals surface area contributed by atoms with Crippen LogP contribution in [0.25, 0.3) is 0 Å². The van der Waals surface area contributed by atoms with Crippen LogP contribution in [0, 0.1) is 6.92 Å². The van der Waals surface area contributed by atoms with Crippen molar-refractivity contribution in [2.45, 2.75) is 13.1 Å². The summed E-state index contributed by atoms with van der Waals surface area (Å²) in [7, 11) is 0. The highest BCUT2D eigenvalue weighted by Crippen LogP contribution is 2.30. The molecule has 0 saturated carbocycles. The number of nitrogens with zero attached hydrogens (tertiary/aromatic N) is 2. The molecular formula is C12H9ClF3N3O. The van der Waals surface area contributed by atoms with Crippen molar-refractivity contribution in [3.05, 3.63) is 40.7 Å². The molecule has 4 nitrogen and oxygen atoms in total. The lowest BCUT2D eigenvalue weighted by Gasteiger charge is -2.10. The zero-order valence-electron chi connectivity index (χ0n) is 10.2. The molecule has 0 aliphatic rings. The second-order valence-corrected chi connectivity index (χ2v) is 4.37. The van der Waals surface area contributed by atoms with Crippen molar-refractivity contribution in [1.29, 1.82) is 0 Å². The summed E-state index contributed by atoms with van der Waals surface area (Å²) in [4.78, 5) is 6.40. The number of alkyl halides is 3. The van der Waals surface area contributed by atoms with E-state index in [1.807, 2.05) is 0 Å². The summed E-state index contributed by atoms with van der Waals surface area (Å²) in [5.41, 5.74) is 6.04. The van der Waals surface area contributed by atoms with E-state index in [4.69, 9.17) is 22.1 Å². The fraction of sp³-hybridized carbons (Fsp3) is 0.167. The molecule has 0 aliphatic heterocycles. The highest BCUT2D eigenvalue weighted by Gasteiger charge is 2.35. The third kappa shape index (κ3) is 3.30. The van der Waals surface area contributed by atoms with E-state index in [0.29, 0.717) is 10.8 Å². The van der Waals surface area contributed by atoms with E-state index in [1.54, 1.807) is 19.1 Å². The van der Waals surface area contributed by atoms with Crippen molar-refractivity contribution in [3.63, 3.8) is 0 Å². The third-order valence-electron chi connectivity index (χ3n) is 2.33. The highest BCUT2D eigenvalue weighted by atomic mass is 35.5. The van der Waals surface area contributed by atoms with Gasteiger partial charge in [0, 0.05) is 11.1 Å². The minimum Gasteiger partial charge on any atom is -0.439 e. The second-order valence-electron chi connectivity index (χ2n) is 3.97. The Kier molecular flexibility index (Phi) is 3.71. The number of nitrogen functional groups attached to an aromatic ring is 1. The molecule has 2 aromatic rings. The van der Waals surface area contributed by atoms with E-state index >= 15 is 0 Å². The number of aryl methyl sites for hydroxylation is 1. The fourth-order valence-electron chi connectivity index (χ4n) is 1.42. The molecule has 20 heavy (non-hydrogen) atoms. The topological polar surface area (TPSA) is 61.0 Å².